The molecule has 5 nitrogen and oxygen atoms in total. The lowest BCUT2D eigenvalue weighted by atomic mass is 10.1. The Kier molecular flexibility index (Phi) is 6.89. The molecule has 0 radical (unpaired) electrons. The van der Waals surface area contributed by atoms with E-state index in [9.17, 15) is 13.6 Å². The Morgan fingerprint density at radius 3 is 2.72 bits per heavy atom. The van der Waals surface area contributed by atoms with Gasteiger partial charge in [0.05, 0.1) is 21.8 Å². The molecule has 1 atom stereocenters. The predicted molar refractivity (Wildman–Crippen MR) is 112 cm³/mol. The Hall–Kier alpha value is -2.00. The van der Waals surface area contributed by atoms with E-state index in [4.69, 9.17) is 28.9 Å². The van der Waals surface area contributed by atoms with Crippen molar-refractivity contribution in [3.8, 4) is 11.3 Å². The van der Waals surface area contributed by atoms with Crippen LogP contribution in [0.2, 0.25) is 9.36 Å². The van der Waals surface area contributed by atoms with Crippen molar-refractivity contribution in [3.63, 3.8) is 0 Å². The van der Waals surface area contributed by atoms with Crippen molar-refractivity contribution < 1.29 is 13.6 Å². The van der Waals surface area contributed by atoms with Gasteiger partial charge in [0.2, 0.25) is 0 Å². The summed E-state index contributed by atoms with van der Waals surface area (Å²) >= 11 is 13.7. The van der Waals surface area contributed by atoms with Crippen molar-refractivity contribution >= 4 is 40.4 Å². The van der Waals surface area contributed by atoms with E-state index in [2.05, 4.69) is 10.4 Å². The molecule has 2 heterocycles. The van der Waals surface area contributed by atoms with Crippen LogP contribution in [-0.2, 0) is 13.0 Å². The molecular formula is C19H18Cl2F2N4OS. The molecule has 0 saturated heterocycles. The molecule has 10 heteroatoms. The molecule has 0 aliphatic rings. The maximum absolute atomic E-state index is 13.4. The van der Waals surface area contributed by atoms with Crippen LogP contribution in [0, 0.1) is 11.6 Å². The average Bonchev–Trinajstić information content (AvgIpc) is 3.25. The van der Waals surface area contributed by atoms with Gasteiger partial charge < -0.3 is 11.1 Å². The van der Waals surface area contributed by atoms with Crippen LogP contribution in [0.15, 0.2) is 30.5 Å². The maximum atomic E-state index is 13.4. The number of halogens is 4. The van der Waals surface area contributed by atoms with Gasteiger partial charge in [-0.2, -0.15) is 5.10 Å². The van der Waals surface area contributed by atoms with Crippen LogP contribution < -0.4 is 11.1 Å². The van der Waals surface area contributed by atoms with Gasteiger partial charge in [-0.15, -0.1) is 11.3 Å². The highest BCUT2D eigenvalue weighted by atomic mass is 35.5. The van der Waals surface area contributed by atoms with Crippen molar-refractivity contribution in [1.29, 1.82) is 0 Å². The fourth-order valence-electron chi connectivity index (χ4n) is 2.91. The van der Waals surface area contributed by atoms with Gasteiger partial charge in [-0.05, 0) is 37.1 Å². The molecule has 1 amide bonds. The number of thiophene rings is 1. The highest BCUT2D eigenvalue weighted by molar-refractivity contribution is 7.18. The summed E-state index contributed by atoms with van der Waals surface area (Å²) in [5.41, 5.74) is 7.55. The van der Waals surface area contributed by atoms with Crippen LogP contribution in [0.3, 0.4) is 0 Å². The Morgan fingerprint density at radius 2 is 2.07 bits per heavy atom. The third-order valence-electron chi connectivity index (χ3n) is 4.35. The van der Waals surface area contributed by atoms with Crippen LogP contribution in [0.25, 0.3) is 11.3 Å². The van der Waals surface area contributed by atoms with E-state index < -0.39 is 17.7 Å². The number of carbonyl (C=O) groups is 1. The first kappa shape index (κ1) is 21.7. The molecule has 0 unspecified atom stereocenters. The average molecular weight is 459 g/mol. The number of aromatic nitrogens is 2. The number of carbonyl (C=O) groups excluding carboxylic acids is 1. The predicted octanol–water partition coefficient (Wildman–Crippen LogP) is 4.52. The van der Waals surface area contributed by atoms with Gasteiger partial charge in [-0.25, -0.2) is 8.78 Å². The summed E-state index contributed by atoms with van der Waals surface area (Å²) in [7, 11) is 0. The third-order valence-corrected chi connectivity index (χ3v) is 5.98. The van der Waals surface area contributed by atoms with Gasteiger partial charge in [-0.1, -0.05) is 29.3 Å². The number of hydrogen-bond donors (Lipinski definition) is 2. The number of hydrogen-bond acceptors (Lipinski definition) is 4. The Labute approximate surface area is 180 Å². The highest BCUT2D eigenvalue weighted by Gasteiger charge is 2.21. The number of rotatable bonds is 7. The summed E-state index contributed by atoms with van der Waals surface area (Å²) in [6.07, 6.45) is 1.79. The fourth-order valence-corrected chi connectivity index (χ4v) is 4.34. The summed E-state index contributed by atoms with van der Waals surface area (Å²) in [5.74, 6) is -2.23. The van der Waals surface area contributed by atoms with Gasteiger partial charge in [0.15, 0.2) is 11.6 Å². The molecule has 2 aromatic heterocycles. The van der Waals surface area contributed by atoms with E-state index in [1.165, 1.54) is 12.3 Å². The Balaban J connectivity index is 1.77. The van der Waals surface area contributed by atoms with E-state index >= 15 is 0 Å². The molecule has 0 aliphatic carbocycles. The smallest absolute Gasteiger partial charge is 0.261 e. The molecule has 1 aromatic carbocycles. The normalized spacial score (nSPS) is 12.2. The largest absolute Gasteiger partial charge is 0.347 e. The number of nitrogens with two attached hydrogens (primary N) is 1. The summed E-state index contributed by atoms with van der Waals surface area (Å²) in [4.78, 5) is 13.1. The van der Waals surface area contributed by atoms with Gasteiger partial charge in [0.25, 0.3) is 5.91 Å². The summed E-state index contributed by atoms with van der Waals surface area (Å²) in [6.45, 7) is 2.65. The Morgan fingerprint density at radius 1 is 1.31 bits per heavy atom. The van der Waals surface area contributed by atoms with E-state index in [0.29, 0.717) is 37.6 Å². The first-order valence-electron chi connectivity index (χ1n) is 8.79. The van der Waals surface area contributed by atoms with Crippen LogP contribution >= 0.6 is 34.5 Å². The molecule has 29 heavy (non-hydrogen) atoms. The molecular weight excluding hydrogens is 441 g/mol. The first-order chi connectivity index (χ1) is 13.8. The second-order valence-electron chi connectivity index (χ2n) is 6.31. The second kappa shape index (κ2) is 9.21. The number of benzene rings is 1. The van der Waals surface area contributed by atoms with Crippen molar-refractivity contribution in [2.24, 2.45) is 5.73 Å². The lowest BCUT2D eigenvalue weighted by Gasteiger charge is -2.16. The van der Waals surface area contributed by atoms with Crippen molar-refractivity contribution in [2.75, 3.05) is 6.54 Å². The summed E-state index contributed by atoms with van der Waals surface area (Å²) in [5, 5.41) is 7.44. The Bertz CT molecular complexity index is 1040. The number of aryl methyl sites for hydroxylation is 1. The van der Waals surface area contributed by atoms with E-state index in [1.54, 1.807) is 10.7 Å². The number of amides is 1. The lowest BCUT2D eigenvalue weighted by Crippen LogP contribution is -2.41. The third kappa shape index (κ3) is 4.78. The lowest BCUT2D eigenvalue weighted by molar-refractivity contribution is 0.0942. The van der Waals surface area contributed by atoms with Gasteiger partial charge >= 0.3 is 0 Å². The monoisotopic (exact) mass is 458 g/mol. The van der Waals surface area contributed by atoms with Gasteiger partial charge in [-0.3, -0.25) is 9.48 Å². The van der Waals surface area contributed by atoms with Crippen molar-refractivity contribution in [2.45, 2.75) is 25.9 Å². The van der Waals surface area contributed by atoms with Crippen LogP contribution in [0.5, 0.6) is 0 Å². The zero-order chi connectivity index (χ0) is 21.1. The molecule has 154 valence electrons. The topological polar surface area (TPSA) is 72.9 Å². The fraction of sp³-hybridized carbons (Fsp3) is 0.263. The van der Waals surface area contributed by atoms with Gasteiger partial charge in [0.1, 0.15) is 4.34 Å². The zero-order valence-electron chi connectivity index (χ0n) is 15.4. The van der Waals surface area contributed by atoms with E-state index in [1.807, 2.05) is 6.92 Å². The number of nitrogens with zero attached hydrogens (tertiary/aromatic N) is 2. The molecule has 0 bridgehead atoms. The van der Waals surface area contributed by atoms with Crippen molar-refractivity contribution in [1.82, 2.24) is 15.1 Å². The van der Waals surface area contributed by atoms with Crippen LogP contribution in [0.4, 0.5) is 8.78 Å². The second-order valence-corrected chi connectivity index (χ2v) is 8.38. The van der Waals surface area contributed by atoms with Crippen molar-refractivity contribution in [3.05, 3.63) is 61.9 Å². The molecule has 3 rings (SSSR count). The first-order valence-corrected chi connectivity index (χ1v) is 10.4. The molecule has 3 N–H and O–H groups in total. The highest BCUT2D eigenvalue weighted by Crippen LogP contribution is 2.39. The number of nitrogens with one attached hydrogen (secondary N) is 1. The quantitative estimate of drug-likeness (QED) is 0.546. The van der Waals surface area contributed by atoms with E-state index in [0.717, 1.165) is 23.5 Å². The standard InChI is InChI=1S/C19H18Cl2F2N4OS/c1-2-27-17(13(20)9-25-27)12-7-16(29-18(12)21)19(28)26-11(8-24)5-10-3-4-14(22)15(23)6-10/h3-4,6-7,9,11H,2,5,8,24H2,1H3,(H,26,28)/t11-/m0/s1. The maximum Gasteiger partial charge on any atom is 0.261 e. The minimum atomic E-state index is -0.941. The summed E-state index contributed by atoms with van der Waals surface area (Å²) < 4.78 is 28.6. The van der Waals surface area contributed by atoms with Gasteiger partial charge in [0, 0.05) is 24.7 Å². The minimum Gasteiger partial charge on any atom is -0.347 e. The van der Waals surface area contributed by atoms with Crippen LogP contribution in [0.1, 0.15) is 22.2 Å². The summed E-state index contributed by atoms with van der Waals surface area (Å²) in [6, 6.07) is 4.80. The van der Waals surface area contributed by atoms with Crippen LogP contribution in [-0.4, -0.2) is 28.3 Å². The molecule has 0 aliphatic heterocycles. The molecule has 0 spiro atoms. The molecule has 0 saturated carbocycles. The molecule has 3 aromatic rings. The minimum absolute atomic E-state index is 0.130. The van der Waals surface area contributed by atoms with E-state index in [-0.39, 0.29) is 18.9 Å². The SMILES string of the molecule is CCn1ncc(Cl)c1-c1cc(C(=O)N[C@H](CN)Cc2ccc(F)c(F)c2)sc1Cl. The molecule has 0 fully saturated rings. The zero-order valence-corrected chi connectivity index (χ0v) is 17.7.